The predicted molar refractivity (Wildman–Crippen MR) is 120 cm³/mol. The monoisotopic (exact) mass is 413 g/mol. The van der Waals surface area contributed by atoms with Gasteiger partial charge in [0.25, 0.3) is 0 Å². The number of halogens is 1. The SMILES string of the molecule is C=CC(=O)N1CCc2c(-c3c(F)cc(CC(N)=O)c4[nH]c5ccccc5c34)cccc21. The molecule has 0 atom stereocenters. The molecule has 5 nitrogen and oxygen atoms in total. The van der Waals surface area contributed by atoms with E-state index in [0.29, 0.717) is 35.0 Å². The van der Waals surface area contributed by atoms with Crippen LogP contribution in [0.15, 0.2) is 61.2 Å². The van der Waals surface area contributed by atoms with Gasteiger partial charge in [0.2, 0.25) is 11.8 Å². The lowest BCUT2D eigenvalue weighted by atomic mass is 9.91. The number of hydrogen-bond acceptors (Lipinski definition) is 2. The van der Waals surface area contributed by atoms with Crippen LogP contribution in [0.1, 0.15) is 11.1 Å². The van der Waals surface area contributed by atoms with Crippen LogP contribution in [-0.4, -0.2) is 23.3 Å². The van der Waals surface area contributed by atoms with Crippen LogP contribution in [0.4, 0.5) is 10.1 Å². The number of carbonyl (C=O) groups excluding carboxylic acids is 2. The van der Waals surface area contributed by atoms with Gasteiger partial charge in [0.15, 0.2) is 0 Å². The van der Waals surface area contributed by atoms with Gasteiger partial charge in [-0.1, -0.05) is 36.9 Å². The molecule has 3 N–H and O–H groups in total. The molecule has 3 aromatic carbocycles. The van der Waals surface area contributed by atoms with Gasteiger partial charge in [0.05, 0.1) is 11.9 Å². The second-order valence-corrected chi connectivity index (χ2v) is 7.70. The molecule has 0 saturated carbocycles. The molecule has 4 aromatic rings. The molecule has 0 spiro atoms. The first-order valence-electron chi connectivity index (χ1n) is 10.1. The summed E-state index contributed by atoms with van der Waals surface area (Å²) in [7, 11) is 0. The lowest BCUT2D eigenvalue weighted by molar-refractivity contribution is -0.117. The van der Waals surface area contributed by atoms with E-state index in [1.807, 2.05) is 42.5 Å². The first kappa shape index (κ1) is 19.1. The number of fused-ring (bicyclic) bond motifs is 4. The summed E-state index contributed by atoms with van der Waals surface area (Å²) >= 11 is 0. The van der Waals surface area contributed by atoms with Crippen molar-refractivity contribution in [1.29, 1.82) is 0 Å². The Morgan fingerprint density at radius 1 is 1.19 bits per heavy atom. The standard InChI is InChI=1S/C25H20FN3O2/c1-2-22(31)29-11-10-15-16(7-5-9-20(15)29)23-18(26)12-14(13-21(27)30)25-24(23)17-6-3-4-8-19(17)28-25/h2-9,12,28H,1,10-11,13H2,(H2,27,30). The molecule has 1 aliphatic heterocycles. The number of anilines is 1. The Balaban J connectivity index is 1.84. The lowest BCUT2D eigenvalue weighted by Crippen LogP contribution is -2.26. The molecular weight excluding hydrogens is 393 g/mol. The number of H-pyrrole nitrogens is 1. The number of nitrogens with one attached hydrogen (secondary N) is 1. The van der Waals surface area contributed by atoms with Gasteiger partial charge in [0, 0.05) is 34.1 Å². The van der Waals surface area contributed by atoms with Crippen molar-refractivity contribution in [2.75, 3.05) is 11.4 Å². The van der Waals surface area contributed by atoms with Crippen LogP contribution in [0, 0.1) is 5.82 Å². The maximum Gasteiger partial charge on any atom is 0.250 e. The molecule has 1 aliphatic rings. The summed E-state index contributed by atoms with van der Waals surface area (Å²) in [5.74, 6) is -1.12. The van der Waals surface area contributed by atoms with E-state index in [4.69, 9.17) is 5.73 Å². The number of nitrogens with zero attached hydrogens (tertiary/aromatic N) is 1. The van der Waals surface area contributed by atoms with Crippen LogP contribution in [0.5, 0.6) is 0 Å². The highest BCUT2D eigenvalue weighted by Gasteiger charge is 2.28. The van der Waals surface area contributed by atoms with Gasteiger partial charge >= 0.3 is 0 Å². The van der Waals surface area contributed by atoms with E-state index in [-0.39, 0.29) is 12.3 Å². The minimum absolute atomic E-state index is 0.0605. The number of benzene rings is 3. The highest BCUT2D eigenvalue weighted by Crippen LogP contribution is 2.43. The molecule has 31 heavy (non-hydrogen) atoms. The predicted octanol–water partition coefficient (Wildman–Crippen LogP) is 4.23. The molecule has 0 fully saturated rings. The second-order valence-electron chi connectivity index (χ2n) is 7.70. The minimum Gasteiger partial charge on any atom is -0.369 e. The molecule has 1 aromatic heterocycles. The molecule has 5 rings (SSSR count). The quantitative estimate of drug-likeness (QED) is 0.491. The zero-order valence-corrected chi connectivity index (χ0v) is 16.7. The van der Waals surface area contributed by atoms with Crippen LogP contribution in [0.2, 0.25) is 0 Å². The molecule has 0 radical (unpaired) electrons. The Morgan fingerprint density at radius 2 is 2.00 bits per heavy atom. The molecule has 2 amide bonds. The average molecular weight is 413 g/mol. The van der Waals surface area contributed by atoms with Gasteiger partial charge in [-0.2, -0.15) is 0 Å². The number of carbonyl (C=O) groups is 2. The van der Waals surface area contributed by atoms with Crippen LogP contribution in [0.3, 0.4) is 0 Å². The van der Waals surface area contributed by atoms with Crippen molar-refractivity contribution < 1.29 is 14.0 Å². The van der Waals surface area contributed by atoms with E-state index in [2.05, 4.69) is 11.6 Å². The summed E-state index contributed by atoms with van der Waals surface area (Å²) in [5, 5.41) is 1.58. The molecule has 0 saturated heterocycles. The number of aromatic nitrogens is 1. The van der Waals surface area contributed by atoms with Crippen LogP contribution in [0.25, 0.3) is 32.9 Å². The zero-order chi connectivity index (χ0) is 21.7. The van der Waals surface area contributed by atoms with E-state index in [1.54, 1.807) is 4.90 Å². The maximum atomic E-state index is 15.6. The van der Waals surface area contributed by atoms with Gasteiger partial charge in [-0.15, -0.1) is 0 Å². The summed E-state index contributed by atoms with van der Waals surface area (Å²) in [4.78, 5) is 28.9. The Labute approximate surface area is 178 Å². The fourth-order valence-corrected chi connectivity index (χ4v) is 4.66. The first-order valence-corrected chi connectivity index (χ1v) is 10.1. The average Bonchev–Trinajstić information content (AvgIpc) is 3.35. The summed E-state index contributed by atoms with van der Waals surface area (Å²) in [6.45, 7) is 4.10. The van der Waals surface area contributed by atoms with Crippen LogP contribution in [-0.2, 0) is 22.4 Å². The van der Waals surface area contributed by atoms with E-state index < -0.39 is 11.7 Å². The van der Waals surface area contributed by atoms with Crippen molar-refractivity contribution >= 4 is 39.3 Å². The van der Waals surface area contributed by atoms with E-state index in [9.17, 15) is 9.59 Å². The fraction of sp³-hybridized carbons (Fsp3) is 0.120. The Kier molecular flexibility index (Phi) is 4.36. The van der Waals surface area contributed by atoms with Crippen molar-refractivity contribution in [3.63, 3.8) is 0 Å². The highest BCUT2D eigenvalue weighted by molar-refractivity contribution is 6.16. The molecule has 0 bridgehead atoms. The van der Waals surface area contributed by atoms with E-state index in [1.165, 1.54) is 12.1 Å². The van der Waals surface area contributed by atoms with Crippen molar-refractivity contribution in [2.45, 2.75) is 12.8 Å². The zero-order valence-electron chi connectivity index (χ0n) is 16.7. The molecular formula is C25H20FN3O2. The number of hydrogen-bond donors (Lipinski definition) is 2. The largest absolute Gasteiger partial charge is 0.369 e. The maximum absolute atomic E-state index is 15.6. The Bertz CT molecular complexity index is 1400. The Hall–Kier alpha value is -3.93. The third-order valence-corrected chi connectivity index (χ3v) is 5.92. The van der Waals surface area contributed by atoms with Crippen molar-refractivity contribution in [3.8, 4) is 11.1 Å². The van der Waals surface area contributed by atoms with Crippen molar-refractivity contribution in [2.24, 2.45) is 5.73 Å². The van der Waals surface area contributed by atoms with Crippen LogP contribution < -0.4 is 10.6 Å². The fourth-order valence-electron chi connectivity index (χ4n) is 4.66. The number of nitrogens with two attached hydrogens (primary N) is 1. The summed E-state index contributed by atoms with van der Waals surface area (Å²) in [6.07, 6.45) is 1.85. The van der Waals surface area contributed by atoms with Gasteiger partial charge in [-0.05, 0) is 47.4 Å². The number of aromatic amines is 1. The first-order chi connectivity index (χ1) is 15.0. The number of rotatable bonds is 4. The smallest absolute Gasteiger partial charge is 0.250 e. The van der Waals surface area contributed by atoms with Gasteiger partial charge in [-0.25, -0.2) is 4.39 Å². The number of amides is 2. The number of para-hydroxylation sites is 1. The molecule has 0 aliphatic carbocycles. The summed E-state index contributed by atoms with van der Waals surface area (Å²) in [5.41, 5.74) is 10.4. The highest BCUT2D eigenvalue weighted by atomic mass is 19.1. The summed E-state index contributed by atoms with van der Waals surface area (Å²) < 4.78 is 15.6. The summed E-state index contributed by atoms with van der Waals surface area (Å²) in [6, 6.07) is 14.6. The Morgan fingerprint density at radius 3 is 2.77 bits per heavy atom. The van der Waals surface area contributed by atoms with Crippen molar-refractivity contribution in [3.05, 3.63) is 78.1 Å². The molecule has 0 unspecified atom stereocenters. The molecule has 154 valence electrons. The third kappa shape index (κ3) is 2.91. The molecule has 6 heteroatoms. The van der Waals surface area contributed by atoms with Crippen molar-refractivity contribution in [1.82, 2.24) is 4.98 Å². The van der Waals surface area contributed by atoms with Gasteiger partial charge < -0.3 is 15.6 Å². The normalized spacial score (nSPS) is 13.0. The van der Waals surface area contributed by atoms with E-state index >= 15 is 4.39 Å². The third-order valence-electron chi connectivity index (χ3n) is 5.92. The van der Waals surface area contributed by atoms with Gasteiger partial charge in [0.1, 0.15) is 5.82 Å². The van der Waals surface area contributed by atoms with Gasteiger partial charge in [-0.3, -0.25) is 9.59 Å². The molecule has 2 heterocycles. The second kappa shape index (κ2) is 7.09. The van der Waals surface area contributed by atoms with E-state index in [0.717, 1.165) is 27.7 Å². The number of primary amides is 1. The minimum atomic E-state index is -0.522. The van der Waals surface area contributed by atoms with Crippen LogP contribution >= 0.6 is 0 Å². The topological polar surface area (TPSA) is 79.2 Å². The lowest BCUT2D eigenvalue weighted by Gasteiger charge is -2.17.